The average molecular weight is 378 g/mol. The molecule has 0 saturated carbocycles. The van der Waals surface area contributed by atoms with Crippen LogP contribution in [-0.2, 0) is 16.0 Å². The number of hydrogen-bond donors (Lipinski definition) is 2. The first kappa shape index (κ1) is 18.1. The lowest BCUT2D eigenvalue weighted by Crippen LogP contribution is -2.29. The SMILES string of the molecule is COc1ccc2[nH]cc(CCNC(=O)CC3CC(=O)Oc4ccccc43)c2c1. The average Bonchev–Trinajstić information content (AvgIpc) is 3.10. The molecule has 3 aromatic rings. The Labute approximate surface area is 162 Å². The second-order valence-electron chi connectivity index (χ2n) is 6.94. The maximum Gasteiger partial charge on any atom is 0.311 e. The summed E-state index contributed by atoms with van der Waals surface area (Å²) in [5, 5.41) is 4.07. The number of hydrogen-bond acceptors (Lipinski definition) is 4. The van der Waals surface area contributed by atoms with Crippen LogP contribution in [0.5, 0.6) is 11.5 Å². The third-order valence-electron chi connectivity index (χ3n) is 5.12. The zero-order valence-corrected chi connectivity index (χ0v) is 15.7. The number of benzene rings is 2. The number of rotatable bonds is 6. The van der Waals surface area contributed by atoms with Gasteiger partial charge in [0.15, 0.2) is 0 Å². The predicted octanol–water partition coefficient (Wildman–Crippen LogP) is 3.32. The van der Waals surface area contributed by atoms with E-state index in [1.54, 1.807) is 13.2 Å². The Morgan fingerprint density at radius 2 is 2.14 bits per heavy atom. The molecule has 4 rings (SSSR count). The minimum Gasteiger partial charge on any atom is -0.497 e. The molecule has 1 aliphatic rings. The Morgan fingerprint density at radius 1 is 1.29 bits per heavy atom. The Bertz CT molecular complexity index is 1020. The zero-order chi connectivity index (χ0) is 19.5. The summed E-state index contributed by atoms with van der Waals surface area (Å²) in [6.07, 6.45) is 3.17. The highest BCUT2D eigenvalue weighted by molar-refractivity contribution is 5.85. The molecule has 144 valence electrons. The molecule has 0 saturated heterocycles. The molecule has 1 aromatic heterocycles. The normalized spacial score (nSPS) is 15.8. The van der Waals surface area contributed by atoms with Crippen LogP contribution in [0.15, 0.2) is 48.7 Å². The first-order valence-corrected chi connectivity index (χ1v) is 9.34. The van der Waals surface area contributed by atoms with Gasteiger partial charge in [-0.3, -0.25) is 9.59 Å². The van der Waals surface area contributed by atoms with Gasteiger partial charge in [-0.1, -0.05) is 18.2 Å². The predicted molar refractivity (Wildman–Crippen MR) is 106 cm³/mol. The van der Waals surface area contributed by atoms with Crippen LogP contribution in [0.2, 0.25) is 0 Å². The molecular weight excluding hydrogens is 356 g/mol. The third kappa shape index (κ3) is 3.71. The topological polar surface area (TPSA) is 80.4 Å². The fourth-order valence-corrected chi connectivity index (χ4v) is 3.69. The maximum absolute atomic E-state index is 12.4. The monoisotopic (exact) mass is 378 g/mol. The Kier molecular flexibility index (Phi) is 5.02. The van der Waals surface area contributed by atoms with Gasteiger partial charge in [-0.2, -0.15) is 0 Å². The number of aromatic nitrogens is 1. The van der Waals surface area contributed by atoms with E-state index in [0.717, 1.165) is 27.8 Å². The molecule has 28 heavy (non-hydrogen) atoms. The van der Waals surface area contributed by atoms with Gasteiger partial charge in [0.2, 0.25) is 5.91 Å². The summed E-state index contributed by atoms with van der Waals surface area (Å²) in [6, 6.07) is 13.3. The van der Waals surface area contributed by atoms with Crippen LogP contribution in [0.3, 0.4) is 0 Å². The molecule has 2 N–H and O–H groups in total. The van der Waals surface area contributed by atoms with Gasteiger partial charge in [0.1, 0.15) is 11.5 Å². The van der Waals surface area contributed by atoms with Gasteiger partial charge in [-0.05, 0) is 41.8 Å². The first-order chi connectivity index (χ1) is 13.6. The van der Waals surface area contributed by atoms with Crippen molar-refractivity contribution in [3.8, 4) is 11.5 Å². The van der Waals surface area contributed by atoms with Crippen LogP contribution < -0.4 is 14.8 Å². The van der Waals surface area contributed by atoms with Crippen molar-refractivity contribution in [2.45, 2.75) is 25.2 Å². The van der Waals surface area contributed by atoms with Gasteiger partial charge >= 0.3 is 5.97 Å². The fourth-order valence-electron chi connectivity index (χ4n) is 3.69. The van der Waals surface area contributed by atoms with Crippen molar-refractivity contribution in [3.63, 3.8) is 0 Å². The summed E-state index contributed by atoms with van der Waals surface area (Å²) >= 11 is 0. The minimum absolute atomic E-state index is 0.0630. The molecule has 6 heteroatoms. The van der Waals surface area contributed by atoms with Crippen LogP contribution in [-0.4, -0.2) is 30.5 Å². The molecule has 0 aliphatic carbocycles. The third-order valence-corrected chi connectivity index (χ3v) is 5.12. The van der Waals surface area contributed by atoms with Crippen molar-refractivity contribution in [1.82, 2.24) is 10.3 Å². The van der Waals surface area contributed by atoms with Gasteiger partial charge in [0, 0.05) is 36.0 Å². The largest absolute Gasteiger partial charge is 0.497 e. The van der Waals surface area contributed by atoms with E-state index in [4.69, 9.17) is 9.47 Å². The molecule has 0 bridgehead atoms. The van der Waals surface area contributed by atoms with Gasteiger partial charge in [-0.15, -0.1) is 0 Å². The Balaban J connectivity index is 1.36. The van der Waals surface area contributed by atoms with Crippen molar-refractivity contribution in [2.24, 2.45) is 0 Å². The number of para-hydroxylation sites is 1. The number of amides is 1. The van der Waals surface area contributed by atoms with E-state index in [-0.39, 0.29) is 30.6 Å². The molecule has 1 aliphatic heterocycles. The highest BCUT2D eigenvalue weighted by Crippen LogP contribution is 2.35. The van der Waals surface area contributed by atoms with E-state index in [9.17, 15) is 9.59 Å². The van der Waals surface area contributed by atoms with Gasteiger partial charge < -0.3 is 19.8 Å². The van der Waals surface area contributed by atoms with Gasteiger partial charge in [-0.25, -0.2) is 0 Å². The van der Waals surface area contributed by atoms with Crippen LogP contribution in [0.4, 0.5) is 0 Å². The quantitative estimate of drug-likeness (QED) is 0.509. The number of ether oxygens (including phenoxy) is 2. The summed E-state index contributed by atoms with van der Waals surface area (Å²) in [7, 11) is 1.65. The van der Waals surface area contributed by atoms with Crippen molar-refractivity contribution in [2.75, 3.05) is 13.7 Å². The minimum atomic E-state index is -0.288. The van der Waals surface area contributed by atoms with E-state index < -0.39 is 0 Å². The summed E-state index contributed by atoms with van der Waals surface area (Å²) < 4.78 is 10.5. The Hall–Kier alpha value is -3.28. The number of aromatic amines is 1. The van der Waals surface area contributed by atoms with E-state index in [1.807, 2.05) is 42.6 Å². The molecular formula is C22H22N2O4. The first-order valence-electron chi connectivity index (χ1n) is 9.34. The van der Waals surface area contributed by atoms with Crippen LogP contribution >= 0.6 is 0 Å². The molecule has 1 unspecified atom stereocenters. The Morgan fingerprint density at radius 3 is 3.00 bits per heavy atom. The second kappa shape index (κ2) is 7.76. The molecule has 2 heterocycles. The number of nitrogens with one attached hydrogen (secondary N) is 2. The lowest BCUT2D eigenvalue weighted by Gasteiger charge is -2.23. The van der Waals surface area contributed by atoms with Gasteiger partial charge in [0.05, 0.1) is 13.5 Å². The van der Waals surface area contributed by atoms with Crippen LogP contribution in [0.1, 0.15) is 29.9 Å². The number of methoxy groups -OCH3 is 1. The maximum atomic E-state index is 12.4. The van der Waals surface area contributed by atoms with Gasteiger partial charge in [0.25, 0.3) is 0 Å². The lowest BCUT2D eigenvalue weighted by molar-refractivity contribution is -0.136. The van der Waals surface area contributed by atoms with E-state index in [2.05, 4.69) is 10.3 Å². The smallest absolute Gasteiger partial charge is 0.311 e. The van der Waals surface area contributed by atoms with Crippen molar-refractivity contribution >= 4 is 22.8 Å². The standard InChI is InChI=1S/C22H22N2O4/c1-27-16-6-7-19-18(12-16)14(13-24-19)8-9-23-21(25)10-15-11-22(26)28-20-5-3-2-4-17(15)20/h2-7,12-13,15,24H,8-11H2,1H3,(H,23,25). The number of H-pyrrole nitrogens is 1. The molecule has 2 aromatic carbocycles. The van der Waals surface area contributed by atoms with E-state index in [1.165, 1.54) is 0 Å². The molecule has 0 fully saturated rings. The summed E-state index contributed by atoms with van der Waals surface area (Å²) in [6.45, 7) is 0.530. The van der Waals surface area contributed by atoms with Crippen molar-refractivity contribution in [3.05, 3.63) is 59.8 Å². The second-order valence-corrected chi connectivity index (χ2v) is 6.94. The van der Waals surface area contributed by atoms with Crippen LogP contribution in [0.25, 0.3) is 10.9 Å². The number of esters is 1. The lowest BCUT2D eigenvalue weighted by atomic mass is 9.89. The summed E-state index contributed by atoms with van der Waals surface area (Å²) in [5.41, 5.74) is 3.08. The number of fused-ring (bicyclic) bond motifs is 2. The van der Waals surface area contributed by atoms with Crippen LogP contribution in [0, 0.1) is 0 Å². The molecule has 6 nitrogen and oxygen atoms in total. The number of carbonyl (C=O) groups excluding carboxylic acids is 2. The van der Waals surface area contributed by atoms with E-state index in [0.29, 0.717) is 18.7 Å². The van der Waals surface area contributed by atoms with Crippen molar-refractivity contribution in [1.29, 1.82) is 0 Å². The highest BCUT2D eigenvalue weighted by atomic mass is 16.5. The molecule has 1 amide bonds. The summed E-state index contributed by atoms with van der Waals surface area (Å²) in [4.78, 5) is 27.5. The fraction of sp³-hybridized carbons (Fsp3) is 0.273. The highest BCUT2D eigenvalue weighted by Gasteiger charge is 2.28. The molecule has 1 atom stereocenters. The van der Waals surface area contributed by atoms with Crippen molar-refractivity contribution < 1.29 is 19.1 Å². The van der Waals surface area contributed by atoms with E-state index >= 15 is 0 Å². The zero-order valence-electron chi connectivity index (χ0n) is 15.7. The number of carbonyl (C=O) groups is 2. The molecule has 0 radical (unpaired) electrons. The summed E-state index contributed by atoms with van der Waals surface area (Å²) in [5.74, 6) is 0.871. The molecule has 0 spiro atoms.